The number of alkyl halides is 3. The maximum Gasteiger partial charge on any atom is 0.470 e. The fourth-order valence-electron chi connectivity index (χ4n) is 5.81. The van der Waals surface area contributed by atoms with Crippen LogP contribution in [0.15, 0.2) is 0 Å². The van der Waals surface area contributed by atoms with Gasteiger partial charge in [0.05, 0.1) is 18.1 Å². The van der Waals surface area contributed by atoms with Crippen molar-refractivity contribution in [2.75, 3.05) is 13.1 Å². The number of piperidine rings is 1. The molecule has 2 saturated heterocycles. The predicted molar refractivity (Wildman–Crippen MR) is 140 cm³/mol. The summed E-state index contributed by atoms with van der Waals surface area (Å²) in [6, 6.07) is -0.748. The number of nitrogens with zero attached hydrogens (tertiary/aromatic N) is 1. The Morgan fingerprint density at radius 3 is 2.05 bits per heavy atom. The third-order valence-electron chi connectivity index (χ3n) is 9.04. The van der Waals surface area contributed by atoms with Gasteiger partial charge in [-0.05, 0) is 69.6 Å². The number of fused-ring (bicyclic) bond motifs is 1. The van der Waals surface area contributed by atoms with E-state index in [0.29, 0.717) is 24.7 Å². The SMILES string of the molecule is C[C@H](CC(=O)N1CC2C(C1)C2(C)C)OC1(C)CC1.NC(=O)C(CC1CC2(CC2)NC1=O)NC=O.NC(=O)C(F)(F)F. The van der Waals surface area contributed by atoms with Crippen LogP contribution in [0.2, 0.25) is 0 Å². The lowest BCUT2D eigenvalue weighted by Gasteiger charge is -2.25. The van der Waals surface area contributed by atoms with Gasteiger partial charge >= 0.3 is 12.1 Å². The van der Waals surface area contributed by atoms with E-state index in [0.717, 1.165) is 57.0 Å². The standard InChI is InChI=1S/C15H25NO2.C10H15N3O3.C2H2F3NO/c1-10(18-15(4)5-6-15)7-13(17)16-8-11-12(9-16)14(11,2)3;11-8(15)7(12-5-14)3-6-4-10(1-2-10)13-9(6)16;3-2(4,5)1(6)7/h10-12H,5-9H2,1-4H3;5-7H,1-4H2,(H2,11,15)(H,12,14)(H,13,16);(H2,6,7)/t10-,11?,12?;;/m1../s1. The highest BCUT2D eigenvalue weighted by Gasteiger charge is 2.62. The van der Waals surface area contributed by atoms with Gasteiger partial charge in [0.25, 0.3) is 0 Å². The Morgan fingerprint density at radius 1 is 1.12 bits per heavy atom. The summed E-state index contributed by atoms with van der Waals surface area (Å²) in [5.41, 5.74) is 9.50. The van der Waals surface area contributed by atoms with Crippen LogP contribution < -0.4 is 22.1 Å². The molecule has 5 rings (SSSR count). The van der Waals surface area contributed by atoms with Gasteiger partial charge in [-0.15, -0.1) is 0 Å². The van der Waals surface area contributed by atoms with E-state index < -0.39 is 24.0 Å². The van der Waals surface area contributed by atoms with E-state index in [1.54, 1.807) is 0 Å². The molecule has 0 aromatic heterocycles. The zero-order valence-corrected chi connectivity index (χ0v) is 24.0. The Balaban J connectivity index is 0.000000186. The zero-order chi connectivity index (χ0) is 31.0. The van der Waals surface area contributed by atoms with Gasteiger partial charge in [-0.25, -0.2) is 0 Å². The van der Waals surface area contributed by atoms with E-state index in [4.69, 9.17) is 15.3 Å². The number of ether oxygens (including phenoxy) is 1. The second-order valence-corrected chi connectivity index (χ2v) is 12.9. The first-order valence-electron chi connectivity index (χ1n) is 14.0. The molecule has 5 aliphatic rings. The number of primary amides is 2. The van der Waals surface area contributed by atoms with Crippen molar-refractivity contribution in [3.8, 4) is 0 Å². The smallest absolute Gasteiger partial charge is 0.372 e. The molecule has 41 heavy (non-hydrogen) atoms. The molecule has 6 N–H and O–H groups in total. The minimum absolute atomic E-state index is 0.00880. The van der Waals surface area contributed by atoms with Crippen molar-refractivity contribution >= 4 is 30.0 Å². The van der Waals surface area contributed by atoms with Gasteiger partial charge in [0, 0.05) is 24.5 Å². The number of nitrogens with one attached hydrogen (secondary N) is 2. The molecule has 11 nitrogen and oxygen atoms in total. The molecule has 0 aromatic rings. The van der Waals surface area contributed by atoms with Crippen molar-refractivity contribution in [1.29, 1.82) is 0 Å². The van der Waals surface area contributed by atoms with Gasteiger partial charge in [-0.2, -0.15) is 13.2 Å². The molecule has 3 aliphatic carbocycles. The van der Waals surface area contributed by atoms with Crippen LogP contribution in [0.25, 0.3) is 0 Å². The number of hydrogen-bond donors (Lipinski definition) is 4. The van der Waals surface area contributed by atoms with Gasteiger partial charge in [0.1, 0.15) is 6.04 Å². The van der Waals surface area contributed by atoms with E-state index in [2.05, 4.69) is 42.0 Å². The summed E-state index contributed by atoms with van der Waals surface area (Å²) in [6.45, 7) is 10.8. The monoisotopic (exact) mass is 589 g/mol. The summed E-state index contributed by atoms with van der Waals surface area (Å²) in [6.07, 6.45) is 1.55. The topological polar surface area (TPSA) is 174 Å². The maximum absolute atomic E-state index is 12.2. The van der Waals surface area contributed by atoms with Crippen molar-refractivity contribution in [1.82, 2.24) is 15.5 Å². The number of amides is 5. The molecule has 232 valence electrons. The summed E-state index contributed by atoms with van der Waals surface area (Å²) < 4.78 is 38.0. The Kier molecular flexibility index (Phi) is 9.36. The van der Waals surface area contributed by atoms with Crippen molar-refractivity contribution < 1.29 is 41.9 Å². The number of likely N-dealkylation sites (tertiary alicyclic amines) is 1. The van der Waals surface area contributed by atoms with Crippen LogP contribution >= 0.6 is 0 Å². The second kappa shape index (κ2) is 11.8. The van der Waals surface area contributed by atoms with E-state index >= 15 is 0 Å². The van der Waals surface area contributed by atoms with Crippen LogP contribution in [0.4, 0.5) is 13.2 Å². The molecule has 4 unspecified atom stereocenters. The van der Waals surface area contributed by atoms with Crippen LogP contribution in [0.3, 0.4) is 0 Å². The fourth-order valence-corrected chi connectivity index (χ4v) is 5.81. The largest absolute Gasteiger partial charge is 0.470 e. The Morgan fingerprint density at radius 2 is 1.66 bits per heavy atom. The minimum atomic E-state index is -4.86. The van der Waals surface area contributed by atoms with E-state index in [1.165, 1.54) is 0 Å². The van der Waals surface area contributed by atoms with Crippen LogP contribution in [-0.2, 0) is 28.7 Å². The Bertz CT molecular complexity index is 1030. The number of nitrogens with two attached hydrogens (primary N) is 2. The summed E-state index contributed by atoms with van der Waals surface area (Å²) in [4.78, 5) is 56.3. The van der Waals surface area contributed by atoms with Crippen molar-refractivity contribution in [2.45, 2.75) is 102 Å². The molecule has 0 radical (unpaired) electrons. The van der Waals surface area contributed by atoms with Gasteiger partial charge < -0.3 is 31.7 Å². The molecule has 5 fully saturated rings. The quantitative estimate of drug-likeness (QED) is 0.293. The Labute approximate surface area is 237 Å². The lowest BCUT2D eigenvalue weighted by Crippen LogP contribution is -2.42. The summed E-state index contributed by atoms with van der Waals surface area (Å²) >= 11 is 0. The van der Waals surface area contributed by atoms with E-state index in [9.17, 15) is 32.3 Å². The highest BCUT2D eigenvalue weighted by atomic mass is 19.4. The molecule has 2 heterocycles. The number of rotatable bonds is 9. The van der Waals surface area contributed by atoms with Crippen LogP contribution in [0.1, 0.15) is 72.6 Å². The van der Waals surface area contributed by atoms with E-state index in [1.807, 2.05) is 6.92 Å². The molecule has 0 bridgehead atoms. The molecular formula is C27H42F3N5O6. The molecule has 0 aromatic carbocycles. The lowest BCUT2D eigenvalue weighted by atomic mass is 9.95. The van der Waals surface area contributed by atoms with E-state index in [-0.39, 0.29) is 35.0 Å². The van der Waals surface area contributed by atoms with Crippen molar-refractivity contribution in [3.63, 3.8) is 0 Å². The third-order valence-corrected chi connectivity index (χ3v) is 9.04. The van der Waals surface area contributed by atoms with Crippen molar-refractivity contribution in [3.05, 3.63) is 0 Å². The third kappa shape index (κ3) is 8.55. The normalized spacial score (nSPS) is 28.4. The molecule has 5 atom stereocenters. The van der Waals surface area contributed by atoms with Crippen LogP contribution in [0.5, 0.6) is 0 Å². The molecule has 1 spiro atoms. The number of hydrogen-bond acceptors (Lipinski definition) is 6. The average molecular weight is 590 g/mol. The lowest BCUT2D eigenvalue weighted by molar-refractivity contribution is -0.169. The molecule has 3 saturated carbocycles. The van der Waals surface area contributed by atoms with Gasteiger partial charge in [-0.3, -0.25) is 24.0 Å². The summed E-state index contributed by atoms with van der Waals surface area (Å²) in [5.74, 6) is -1.32. The van der Waals surface area contributed by atoms with Crippen LogP contribution in [0, 0.1) is 23.2 Å². The molecular weight excluding hydrogens is 547 g/mol. The molecule has 2 aliphatic heterocycles. The Hall–Kier alpha value is -2.90. The zero-order valence-electron chi connectivity index (χ0n) is 24.0. The highest BCUT2D eigenvalue weighted by Crippen LogP contribution is 2.62. The first-order chi connectivity index (χ1) is 18.8. The first kappa shape index (κ1) is 32.6. The number of halogens is 3. The highest BCUT2D eigenvalue weighted by molar-refractivity contribution is 5.86. The predicted octanol–water partition coefficient (Wildman–Crippen LogP) is 1.13. The fraction of sp³-hybridized carbons (Fsp3) is 0.815. The van der Waals surface area contributed by atoms with Gasteiger partial charge in [-0.1, -0.05) is 13.8 Å². The van der Waals surface area contributed by atoms with Crippen molar-refractivity contribution in [2.24, 2.45) is 34.6 Å². The molecule has 5 amide bonds. The second-order valence-electron chi connectivity index (χ2n) is 12.9. The molecule has 14 heteroatoms. The maximum atomic E-state index is 12.2. The number of carbonyl (C=O) groups is 5. The first-order valence-corrected chi connectivity index (χ1v) is 14.0. The number of carbonyl (C=O) groups excluding carboxylic acids is 5. The average Bonchev–Trinajstić information content (AvgIpc) is 3.75. The summed E-state index contributed by atoms with van der Waals surface area (Å²) in [5, 5.41) is 5.28. The van der Waals surface area contributed by atoms with Crippen LogP contribution in [-0.4, -0.2) is 77.5 Å². The summed E-state index contributed by atoms with van der Waals surface area (Å²) in [7, 11) is 0. The minimum Gasteiger partial charge on any atom is -0.372 e. The van der Waals surface area contributed by atoms with Gasteiger partial charge in [0.2, 0.25) is 24.1 Å². The van der Waals surface area contributed by atoms with Gasteiger partial charge in [0.15, 0.2) is 0 Å².